The van der Waals surface area contributed by atoms with E-state index in [0.29, 0.717) is 58.8 Å². The molecule has 0 saturated carbocycles. The van der Waals surface area contributed by atoms with Crippen molar-refractivity contribution in [2.75, 3.05) is 45.2 Å². The maximum Gasteiger partial charge on any atom is 0.281 e. The highest BCUT2D eigenvalue weighted by Gasteiger charge is 2.30. The van der Waals surface area contributed by atoms with Crippen LogP contribution in [0.5, 0.6) is 0 Å². The maximum absolute atomic E-state index is 12.5. The summed E-state index contributed by atoms with van der Waals surface area (Å²) in [6.07, 6.45) is 1.51. The van der Waals surface area contributed by atoms with Gasteiger partial charge in [-0.2, -0.15) is 22.1 Å². The van der Waals surface area contributed by atoms with Gasteiger partial charge in [0.1, 0.15) is 17.5 Å². The molecule has 1 saturated heterocycles. The third-order valence-electron chi connectivity index (χ3n) is 5.96. The van der Waals surface area contributed by atoms with Crippen LogP contribution in [-0.2, 0) is 10.2 Å². The Balaban J connectivity index is 1.61. The van der Waals surface area contributed by atoms with Crippen molar-refractivity contribution >= 4 is 50.3 Å². The van der Waals surface area contributed by atoms with E-state index >= 15 is 0 Å². The van der Waals surface area contributed by atoms with Crippen molar-refractivity contribution in [3.05, 3.63) is 64.9 Å². The molecular weight excluding hydrogens is 509 g/mol. The number of nitrogens with zero attached hydrogens (tertiary/aromatic N) is 7. The van der Waals surface area contributed by atoms with Crippen molar-refractivity contribution in [3.63, 3.8) is 0 Å². The summed E-state index contributed by atoms with van der Waals surface area (Å²) >= 11 is 12.7. The molecule has 9 nitrogen and oxygen atoms in total. The monoisotopic (exact) mass is 531 g/mol. The maximum atomic E-state index is 12.5. The minimum Gasteiger partial charge on any atom is -0.352 e. The average molecular weight is 532 g/mol. The van der Waals surface area contributed by atoms with Crippen molar-refractivity contribution in [2.45, 2.75) is 0 Å². The molecule has 0 unspecified atom stereocenters. The van der Waals surface area contributed by atoms with Crippen molar-refractivity contribution < 1.29 is 8.42 Å². The normalized spacial score (nSPS) is 15.3. The first-order valence-electron chi connectivity index (χ1n) is 10.9. The highest BCUT2D eigenvalue weighted by atomic mass is 35.5. The molecule has 12 heteroatoms. The smallest absolute Gasteiger partial charge is 0.281 e. The number of fused-ring (bicyclic) bond motifs is 1. The number of hydrogen-bond donors (Lipinski definition) is 0. The molecule has 0 spiro atoms. The van der Waals surface area contributed by atoms with Gasteiger partial charge in [-0.15, -0.1) is 0 Å². The van der Waals surface area contributed by atoms with Crippen molar-refractivity contribution in [2.24, 2.45) is 0 Å². The van der Waals surface area contributed by atoms with E-state index in [-0.39, 0.29) is 0 Å². The predicted octanol–water partition coefficient (Wildman–Crippen LogP) is 3.72. The number of halogens is 2. The second-order valence-electron chi connectivity index (χ2n) is 8.29. The summed E-state index contributed by atoms with van der Waals surface area (Å²) in [5.41, 5.74) is 3.64. The summed E-state index contributed by atoms with van der Waals surface area (Å²) in [7, 11) is -0.395. The summed E-state index contributed by atoms with van der Waals surface area (Å²) in [6, 6.07) is 14.9. The van der Waals surface area contributed by atoms with Crippen molar-refractivity contribution in [1.82, 2.24) is 28.4 Å². The molecule has 0 radical (unpaired) electrons. The Labute approximate surface area is 213 Å². The first-order valence-corrected chi connectivity index (χ1v) is 13.1. The van der Waals surface area contributed by atoms with Gasteiger partial charge < -0.3 is 4.90 Å². The molecule has 0 aliphatic carbocycles. The molecule has 1 aliphatic heterocycles. The first-order chi connectivity index (χ1) is 16.8. The summed E-state index contributed by atoms with van der Waals surface area (Å²) in [4.78, 5) is 11.2. The van der Waals surface area contributed by atoms with Gasteiger partial charge >= 0.3 is 0 Å². The first kappa shape index (κ1) is 24.0. The Morgan fingerprint density at radius 1 is 0.886 bits per heavy atom. The molecule has 4 aromatic rings. The van der Waals surface area contributed by atoms with Crippen LogP contribution < -0.4 is 4.90 Å². The Bertz CT molecular complexity index is 1480. The van der Waals surface area contributed by atoms with Crippen LogP contribution in [0.3, 0.4) is 0 Å². The van der Waals surface area contributed by atoms with Gasteiger partial charge in [0, 0.05) is 50.9 Å². The van der Waals surface area contributed by atoms with E-state index in [2.05, 4.69) is 9.97 Å². The molecule has 1 aliphatic rings. The molecule has 1 fully saturated rings. The Morgan fingerprint density at radius 2 is 1.57 bits per heavy atom. The van der Waals surface area contributed by atoms with Crippen LogP contribution in [-0.4, -0.2) is 77.1 Å². The number of para-hydroxylation sites is 1. The van der Waals surface area contributed by atoms with Gasteiger partial charge in [-0.3, -0.25) is 0 Å². The molecule has 3 heterocycles. The summed E-state index contributed by atoms with van der Waals surface area (Å²) in [5.74, 6) is 0.651. The number of benzene rings is 2. The van der Waals surface area contributed by atoms with Crippen LogP contribution in [0.15, 0.2) is 54.9 Å². The minimum absolute atomic E-state index is 0.348. The van der Waals surface area contributed by atoms with Crippen LogP contribution in [0, 0.1) is 0 Å². The van der Waals surface area contributed by atoms with E-state index in [1.165, 1.54) is 29.0 Å². The lowest BCUT2D eigenvalue weighted by atomic mass is 10.1. The van der Waals surface area contributed by atoms with E-state index in [9.17, 15) is 8.42 Å². The second-order valence-corrected chi connectivity index (χ2v) is 11.3. The molecule has 0 bridgehead atoms. The van der Waals surface area contributed by atoms with Crippen LogP contribution in [0.1, 0.15) is 0 Å². The standard InChI is InChI=1S/C23H23Cl2N7O2S/c1-29(2)35(33,34)31-13-11-30(12-14-31)23-21-20(26-15-27-23)22(16-7-9-17(24)10-8-16)32(28-21)19-6-4-3-5-18(19)25/h3-10,15H,11-14H2,1-2H3. The minimum atomic E-state index is -3.47. The molecule has 182 valence electrons. The zero-order chi connectivity index (χ0) is 24.7. The highest BCUT2D eigenvalue weighted by molar-refractivity contribution is 7.86. The largest absolute Gasteiger partial charge is 0.352 e. The number of anilines is 1. The molecule has 0 amide bonds. The predicted molar refractivity (Wildman–Crippen MR) is 139 cm³/mol. The van der Waals surface area contributed by atoms with Crippen LogP contribution >= 0.6 is 23.2 Å². The molecule has 35 heavy (non-hydrogen) atoms. The number of aromatic nitrogens is 4. The number of piperazine rings is 1. The highest BCUT2D eigenvalue weighted by Crippen LogP contribution is 2.35. The zero-order valence-electron chi connectivity index (χ0n) is 19.1. The van der Waals surface area contributed by atoms with Gasteiger partial charge in [0.2, 0.25) is 0 Å². The Kier molecular flexibility index (Phi) is 6.41. The van der Waals surface area contributed by atoms with E-state index in [1.807, 2.05) is 53.4 Å². The fourth-order valence-corrected chi connectivity index (χ4v) is 5.57. The van der Waals surface area contributed by atoms with Crippen molar-refractivity contribution in [1.29, 1.82) is 0 Å². The van der Waals surface area contributed by atoms with E-state index in [1.54, 1.807) is 4.68 Å². The topological polar surface area (TPSA) is 87.5 Å². The fraction of sp³-hybridized carbons (Fsp3) is 0.261. The summed E-state index contributed by atoms with van der Waals surface area (Å²) < 4.78 is 29.5. The molecule has 0 N–H and O–H groups in total. The lowest BCUT2D eigenvalue weighted by molar-refractivity contribution is 0.355. The van der Waals surface area contributed by atoms with Gasteiger partial charge in [0.05, 0.1) is 10.7 Å². The van der Waals surface area contributed by atoms with Crippen LogP contribution in [0.25, 0.3) is 28.0 Å². The molecule has 2 aromatic heterocycles. The second kappa shape index (κ2) is 9.36. The Morgan fingerprint density at radius 3 is 2.23 bits per heavy atom. The molecular formula is C23H23Cl2N7O2S. The lowest BCUT2D eigenvalue weighted by Gasteiger charge is -2.35. The third kappa shape index (κ3) is 4.36. The van der Waals surface area contributed by atoms with Crippen LogP contribution in [0.4, 0.5) is 5.82 Å². The van der Waals surface area contributed by atoms with Gasteiger partial charge in [-0.1, -0.05) is 47.5 Å². The third-order valence-corrected chi connectivity index (χ3v) is 8.48. The summed E-state index contributed by atoms with van der Waals surface area (Å²) in [6.45, 7) is 1.66. The van der Waals surface area contributed by atoms with E-state index < -0.39 is 10.2 Å². The van der Waals surface area contributed by atoms with Gasteiger partial charge in [0.15, 0.2) is 11.3 Å². The number of hydrogen-bond acceptors (Lipinski definition) is 6. The average Bonchev–Trinajstić information content (AvgIpc) is 3.24. The molecule has 2 aromatic carbocycles. The van der Waals surface area contributed by atoms with E-state index in [4.69, 9.17) is 28.3 Å². The fourth-order valence-electron chi connectivity index (χ4n) is 4.14. The van der Waals surface area contributed by atoms with Gasteiger partial charge in [-0.05, 0) is 24.3 Å². The molecule has 5 rings (SSSR count). The number of rotatable bonds is 5. The van der Waals surface area contributed by atoms with E-state index in [0.717, 1.165) is 11.3 Å². The van der Waals surface area contributed by atoms with Gasteiger partial charge in [-0.25, -0.2) is 14.6 Å². The Hall–Kier alpha value is -2.76. The van der Waals surface area contributed by atoms with Crippen LogP contribution in [0.2, 0.25) is 10.0 Å². The lowest BCUT2D eigenvalue weighted by Crippen LogP contribution is -2.52. The van der Waals surface area contributed by atoms with Gasteiger partial charge in [0.25, 0.3) is 10.2 Å². The quantitative estimate of drug-likeness (QED) is 0.390. The zero-order valence-corrected chi connectivity index (χ0v) is 21.5. The SMILES string of the molecule is CN(C)S(=O)(=O)N1CCN(c2ncnc3c(-c4ccc(Cl)cc4)n(-c4ccccc4Cl)nc23)CC1. The molecule has 0 atom stereocenters. The van der Waals surface area contributed by atoms with Crippen molar-refractivity contribution in [3.8, 4) is 16.9 Å². The summed E-state index contributed by atoms with van der Waals surface area (Å²) in [5, 5.41) is 6.08.